The van der Waals surface area contributed by atoms with Gasteiger partial charge in [0.1, 0.15) is 5.75 Å². The zero-order chi connectivity index (χ0) is 16.1. The Balaban J connectivity index is 2.01. The van der Waals surface area contributed by atoms with Crippen LogP contribution in [-0.2, 0) is 0 Å². The van der Waals surface area contributed by atoms with Gasteiger partial charge in [-0.25, -0.2) is 5.43 Å². The van der Waals surface area contributed by atoms with Gasteiger partial charge in [0.15, 0.2) is 0 Å². The number of benzene rings is 2. The fourth-order valence-electron chi connectivity index (χ4n) is 1.57. The van der Waals surface area contributed by atoms with E-state index in [0.29, 0.717) is 5.56 Å². The van der Waals surface area contributed by atoms with E-state index in [4.69, 9.17) is 11.6 Å². The van der Waals surface area contributed by atoms with Crippen LogP contribution >= 0.6 is 11.6 Å². The first-order valence-corrected chi connectivity index (χ1v) is 6.41. The first-order valence-electron chi connectivity index (χ1n) is 6.04. The number of nitro groups is 1. The number of carbonyl (C=O) groups excluding carboxylic acids is 1. The molecule has 0 unspecified atom stereocenters. The van der Waals surface area contributed by atoms with Crippen molar-refractivity contribution >= 4 is 29.4 Å². The van der Waals surface area contributed by atoms with E-state index in [-0.39, 0.29) is 22.0 Å². The van der Waals surface area contributed by atoms with Crippen molar-refractivity contribution < 1.29 is 14.8 Å². The summed E-state index contributed by atoms with van der Waals surface area (Å²) in [5, 5.41) is 23.7. The highest BCUT2D eigenvalue weighted by Gasteiger charge is 2.08. The molecule has 0 bridgehead atoms. The van der Waals surface area contributed by atoms with Crippen LogP contribution in [0.3, 0.4) is 0 Å². The molecule has 0 atom stereocenters. The second-order valence-corrected chi connectivity index (χ2v) is 4.62. The number of hydrogen-bond acceptors (Lipinski definition) is 5. The standard InChI is InChI=1S/C14H10ClN3O4/c15-12-7-9(1-6-13(12)19)8-16-17-14(20)10-2-4-11(5-3-10)18(21)22/h1-8,19H,(H,17,20)/b16-8+. The van der Waals surface area contributed by atoms with Gasteiger partial charge < -0.3 is 5.11 Å². The van der Waals surface area contributed by atoms with E-state index in [9.17, 15) is 20.0 Å². The number of nitro benzene ring substituents is 1. The molecule has 0 saturated heterocycles. The zero-order valence-corrected chi connectivity index (χ0v) is 11.8. The molecule has 0 aliphatic rings. The summed E-state index contributed by atoms with van der Waals surface area (Å²) in [6.45, 7) is 0. The van der Waals surface area contributed by atoms with Crippen LogP contribution in [0.4, 0.5) is 5.69 Å². The summed E-state index contributed by atoms with van der Waals surface area (Å²) >= 11 is 5.74. The van der Waals surface area contributed by atoms with E-state index in [2.05, 4.69) is 10.5 Å². The van der Waals surface area contributed by atoms with Crippen molar-refractivity contribution in [2.75, 3.05) is 0 Å². The van der Waals surface area contributed by atoms with Gasteiger partial charge in [-0.2, -0.15) is 5.10 Å². The predicted molar refractivity (Wildman–Crippen MR) is 81.3 cm³/mol. The van der Waals surface area contributed by atoms with Crippen molar-refractivity contribution in [3.8, 4) is 5.75 Å². The number of amides is 1. The number of non-ortho nitro benzene ring substituents is 1. The minimum absolute atomic E-state index is 0.0475. The molecule has 22 heavy (non-hydrogen) atoms. The number of phenolic OH excluding ortho intramolecular Hbond substituents is 1. The van der Waals surface area contributed by atoms with E-state index >= 15 is 0 Å². The molecule has 0 saturated carbocycles. The van der Waals surface area contributed by atoms with E-state index in [1.54, 1.807) is 6.07 Å². The molecule has 2 aromatic rings. The van der Waals surface area contributed by atoms with E-state index < -0.39 is 10.8 Å². The molecule has 0 radical (unpaired) electrons. The number of nitrogens with zero attached hydrogens (tertiary/aromatic N) is 2. The van der Waals surface area contributed by atoms with Crippen LogP contribution in [0, 0.1) is 10.1 Å². The maximum Gasteiger partial charge on any atom is 0.271 e. The number of hydrazone groups is 1. The summed E-state index contributed by atoms with van der Waals surface area (Å²) in [6, 6.07) is 9.60. The average molecular weight is 320 g/mol. The predicted octanol–water partition coefficient (Wildman–Crippen LogP) is 2.72. The maximum atomic E-state index is 11.8. The number of hydrogen-bond donors (Lipinski definition) is 2. The molecule has 112 valence electrons. The van der Waals surface area contributed by atoms with Gasteiger partial charge in [0.05, 0.1) is 16.2 Å². The lowest BCUT2D eigenvalue weighted by Crippen LogP contribution is -2.17. The van der Waals surface area contributed by atoms with Crippen molar-refractivity contribution in [2.24, 2.45) is 5.10 Å². The molecule has 7 nitrogen and oxygen atoms in total. The summed E-state index contributed by atoms with van der Waals surface area (Å²) in [4.78, 5) is 21.7. The molecule has 2 aromatic carbocycles. The summed E-state index contributed by atoms with van der Waals surface area (Å²) in [5.41, 5.74) is 3.02. The summed E-state index contributed by atoms with van der Waals surface area (Å²) in [5.74, 6) is -0.551. The van der Waals surface area contributed by atoms with Gasteiger partial charge in [0.2, 0.25) is 0 Å². The van der Waals surface area contributed by atoms with Crippen molar-refractivity contribution in [3.63, 3.8) is 0 Å². The van der Waals surface area contributed by atoms with Crippen molar-refractivity contribution in [3.05, 3.63) is 68.7 Å². The number of rotatable bonds is 4. The number of halogens is 1. The molecule has 8 heteroatoms. The monoisotopic (exact) mass is 319 g/mol. The zero-order valence-electron chi connectivity index (χ0n) is 11.1. The molecule has 2 rings (SSSR count). The van der Waals surface area contributed by atoms with Gasteiger partial charge in [-0.1, -0.05) is 11.6 Å². The minimum atomic E-state index is -0.547. The average Bonchev–Trinajstić information content (AvgIpc) is 2.51. The topological polar surface area (TPSA) is 105 Å². The van der Waals surface area contributed by atoms with Crippen LogP contribution in [-0.4, -0.2) is 22.2 Å². The number of aromatic hydroxyl groups is 1. The van der Waals surface area contributed by atoms with Gasteiger partial charge in [-0.05, 0) is 35.9 Å². The van der Waals surface area contributed by atoms with Crippen LogP contribution in [0.25, 0.3) is 0 Å². The van der Waals surface area contributed by atoms with Crippen LogP contribution in [0.2, 0.25) is 5.02 Å². The highest BCUT2D eigenvalue weighted by atomic mass is 35.5. The highest BCUT2D eigenvalue weighted by Crippen LogP contribution is 2.22. The quantitative estimate of drug-likeness (QED) is 0.513. The Morgan fingerprint density at radius 2 is 1.95 bits per heavy atom. The fraction of sp³-hybridized carbons (Fsp3) is 0. The van der Waals surface area contributed by atoms with Gasteiger partial charge in [0, 0.05) is 17.7 Å². The molecular formula is C14H10ClN3O4. The third-order valence-electron chi connectivity index (χ3n) is 2.69. The molecule has 0 aliphatic heterocycles. The maximum absolute atomic E-state index is 11.8. The van der Waals surface area contributed by atoms with Crippen LogP contribution in [0.1, 0.15) is 15.9 Å². The number of carbonyl (C=O) groups is 1. The first kappa shape index (κ1) is 15.5. The molecule has 0 aromatic heterocycles. The van der Waals surface area contributed by atoms with Crippen LogP contribution in [0.5, 0.6) is 5.75 Å². The largest absolute Gasteiger partial charge is 0.506 e. The molecular weight excluding hydrogens is 310 g/mol. The Bertz CT molecular complexity index is 744. The summed E-state index contributed by atoms with van der Waals surface area (Å²) in [7, 11) is 0. The normalized spacial score (nSPS) is 10.6. The molecule has 0 heterocycles. The van der Waals surface area contributed by atoms with Crippen LogP contribution in [0.15, 0.2) is 47.6 Å². The Morgan fingerprint density at radius 3 is 2.55 bits per heavy atom. The fourth-order valence-corrected chi connectivity index (χ4v) is 1.76. The Morgan fingerprint density at radius 1 is 1.27 bits per heavy atom. The van der Waals surface area contributed by atoms with E-state index in [1.165, 1.54) is 42.6 Å². The smallest absolute Gasteiger partial charge is 0.271 e. The number of nitrogens with one attached hydrogen (secondary N) is 1. The molecule has 1 amide bonds. The second-order valence-electron chi connectivity index (χ2n) is 4.21. The molecule has 0 spiro atoms. The van der Waals surface area contributed by atoms with Gasteiger partial charge in [0.25, 0.3) is 11.6 Å². The lowest BCUT2D eigenvalue weighted by atomic mass is 10.2. The Hall–Kier alpha value is -2.93. The van der Waals surface area contributed by atoms with Gasteiger partial charge in [-0.15, -0.1) is 0 Å². The van der Waals surface area contributed by atoms with Crippen molar-refractivity contribution in [2.45, 2.75) is 0 Å². The summed E-state index contributed by atoms with van der Waals surface area (Å²) < 4.78 is 0. The van der Waals surface area contributed by atoms with E-state index in [0.717, 1.165) is 0 Å². The molecule has 0 fully saturated rings. The lowest BCUT2D eigenvalue weighted by molar-refractivity contribution is -0.384. The number of phenols is 1. The second kappa shape index (κ2) is 6.68. The summed E-state index contributed by atoms with van der Waals surface area (Å²) in [6.07, 6.45) is 1.36. The Kier molecular flexibility index (Phi) is 4.70. The SMILES string of the molecule is O=C(N/N=C/c1ccc(O)c(Cl)c1)c1ccc([N+](=O)[O-])cc1. The van der Waals surface area contributed by atoms with Gasteiger partial charge >= 0.3 is 0 Å². The Labute approximate surface area is 130 Å². The van der Waals surface area contributed by atoms with E-state index in [1.807, 2.05) is 0 Å². The first-order chi connectivity index (χ1) is 10.5. The minimum Gasteiger partial charge on any atom is -0.506 e. The third kappa shape index (κ3) is 3.80. The lowest BCUT2D eigenvalue weighted by Gasteiger charge is -2.00. The van der Waals surface area contributed by atoms with Crippen molar-refractivity contribution in [1.29, 1.82) is 0 Å². The van der Waals surface area contributed by atoms with Gasteiger partial charge in [-0.3, -0.25) is 14.9 Å². The molecule has 2 N–H and O–H groups in total. The molecule has 0 aliphatic carbocycles. The third-order valence-corrected chi connectivity index (χ3v) is 2.99. The van der Waals surface area contributed by atoms with Crippen LogP contribution < -0.4 is 5.43 Å². The highest BCUT2D eigenvalue weighted by molar-refractivity contribution is 6.32. The van der Waals surface area contributed by atoms with Crippen molar-refractivity contribution in [1.82, 2.24) is 5.43 Å².